The predicted octanol–water partition coefficient (Wildman–Crippen LogP) is 4.03. The lowest BCUT2D eigenvalue weighted by atomic mass is 9.96. The Kier molecular flexibility index (Phi) is 5.57. The van der Waals surface area contributed by atoms with Gasteiger partial charge in [-0.1, -0.05) is 11.3 Å². The molecule has 1 N–H and O–H groups in total. The fourth-order valence-electron chi connectivity index (χ4n) is 2.84. The van der Waals surface area contributed by atoms with Crippen LogP contribution in [0.5, 0.6) is 0 Å². The van der Waals surface area contributed by atoms with Crippen molar-refractivity contribution in [1.29, 1.82) is 0 Å². The van der Waals surface area contributed by atoms with Gasteiger partial charge in [-0.05, 0) is 37.5 Å². The summed E-state index contributed by atoms with van der Waals surface area (Å²) in [5, 5.41) is 15.4. The number of hydrogen-bond donors (Lipinski definition) is 1. The van der Waals surface area contributed by atoms with E-state index in [1.165, 1.54) is 11.6 Å². The van der Waals surface area contributed by atoms with E-state index in [1.54, 1.807) is 6.07 Å². The molecule has 0 aliphatic carbocycles. The van der Waals surface area contributed by atoms with E-state index in [4.69, 9.17) is 0 Å². The highest BCUT2D eigenvalue weighted by Crippen LogP contribution is 2.39. The van der Waals surface area contributed by atoms with Crippen LogP contribution in [0.25, 0.3) is 0 Å². The molecule has 0 amide bonds. The summed E-state index contributed by atoms with van der Waals surface area (Å²) in [6, 6.07) is 3.34. The minimum atomic E-state index is -4.86. The largest absolute Gasteiger partial charge is 0.404 e. The fourth-order valence-corrected chi connectivity index (χ4v) is 4.21. The van der Waals surface area contributed by atoms with E-state index in [2.05, 4.69) is 20.4 Å². The van der Waals surface area contributed by atoms with Crippen LogP contribution < -0.4 is 9.62 Å². The number of alkyl halides is 3. The van der Waals surface area contributed by atoms with Crippen molar-refractivity contribution in [3.05, 3.63) is 23.2 Å². The summed E-state index contributed by atoms with van der Waals surface area (Å²) in [7, 11) is -2.82. The minimum Gasteiger partial charge on any atom is -0.372 e. The van der Waals surface area contributed by atoms with Crippen molar-refractivity contribution >= 4 is 43.6 Å². The van der Waals surface area contributed by atoms with Crippen LogP contribution in [0.15, 0.2) is 27.9 Å². The molecule has 0 spiro atoms. The van der Waals surface area contributed by atoms with Crippen molar-refractivity contribution in [3.63, 3.8) is 0 Å². The summed E-state index contributed by atoms with van der Waals surface area (Å²) in [6.45, 7) is 2.01. The van der Waals surface area contributed by atoms with Gasteiger partial charge in [0.25, 0.3) is 5.13 Å². The smallest absolute Gasteiger partial charge is 0.372 e. The average Bonchev–Trinajstić information content (AvgIpc) is 3.08. The van der Waals surface area contributed by atoms with Crippen LogP contribution in [0.4, 0.5) is 35.4 Å². The Hall–Kier alpha value is -2.28. The second-order valence-corrected chi connectivity index (χ2v) is 8.93. The Balaban J connectivity index is 2.02. The molecule has 0 radical (unpaired) electrons. The van der Waals surface area contributed by atoms with Gasteiger partial charge in [0.05, 0.1) is 5.69 Å². The summed E-state index contributed by atoms with van der Waals surface area (Å²) in [5.74, 6) is -1.99. The predicted molar refractivity (Wildman–Crippen MR) is 100 cm³/mol. The molecule has 2 aromatic rings. The van der Waals surface area contributed by atoms with Crippen molar-refractivity contribution in [3.8, 4) is 0 Å². The maximum absolute atomic E-state index is 12.6. The SMILES string of the molecule is CC1CCc2cc(N=Nc3nncs3)c(NS(=O)(=O)CC(F)(F)F)cc2N1C. The highest BCUT2D eigenvalue weighted by Gasteiger charge is 2.35. The van der Waals surface area contributed by atoms with Crippen LogP contribution >= 0.6 is 11.3 Å². The first kappa shape index (κ1) is 20.5. The number of hydrogen-bond acceptors (Lipinski definition) is 8. The van der Waals surface area contributed by atoms with Gasteiger partial charge in [-0.3, -0.25) is 4.72 Å². The number of rotatable bonds is 5. The Morgan fingerprint density at radius 3 is 2.75 bits per heavy atom. The number of nitrogens with zero attached hydrogens (tertiary/aromatic N) is 5. The zero-order valence-electron chi connectivity index (χ0n) is 14.9. The summed E-state index contributed by atoms with van der Waals surface area (Å²) in [6.07, 6.45) is -3.24. The maximum atomic E-state index is 12.6. The lowest BCUT2D eigenvalue weighted by Crippen LogP contribution is -2.33. The number of anilines is 2. The molecule has 13 heteroatoms. The first-order valence-electron chi connectivity index (χ1n) is 8.19. The van der Waals surface area contributed by atoms with Crippen LogP contribution in [0.1, 0.15) is 18.9 Å². The Bertz CT molecular complexity index is 976. The van der Waals surface area contributed by atoms with Crippen LogP contribution in [0, 0.1) is 0 Å². The molecule has 0 saturated carbocycles. The maximum Gasteiger partial charge on any atom is 0.404 e. The fraction of sp³-hybridized carbons (Fsp3) is 0.467. The van der Waals surface area contributed by atoms with Crippen LogP contribution in [-0.2, 0) is 16.4 Å². The Morgan fingerprint density at radius 2 is 2.11 bits per heavy atom. The van der Waals surface area contributed by atoms with E-state index in [0.717, 1.165) is 35.4 Å². The molecular formula is C15H17F3N6O2S2. The van der Waals surface area contributed by atoms with Gasteiger partial charge in [0.1, 0.15) is 11.2 Å². The van der Waals surface area contributed by atoms with Gasteiger partial charge >= 0.3 is 6.18 Å². The molecule has 1 unspecified atom stereocenters. The van der Waals surface area contributed by atoms with E-state index in [-0.39, 0.29) is 22.5 Å². The lowest BCUT2D eigenvalue weighted by molar-refractivity contribution is -0.106. The van der Waals surface area contributed by atoms with Gasteiger partial charge in [-0.25, -0.2) is 8.42 Å². The molecule has 0 fully saturated rings. The van der Waals surface area contributed by atoms with Gasteiger partial charge in [-0.15, -0.1) is 20.4 Å². The number of fused-ring (bicyclic) bond motifs is 1. The zero-order chi connectivity index (χ0) is 20.5. The number of sulfonamides is 1. The summed E-state index contributed by atoms with van der Waals surface area (Å²) in [5.41, 5.74) is 3.13. The molecule has 1 atom stereocenters. The molecule has 28 heavy (non-hydrogen) atoms. The van der Waals surface area contributed by atoms with E-state index < -0.39 is 22.0 Å². The Labute approximate surface area is 163 Å². The third-order valence-electron chi connectivity index (χ3n) is 4.28. The summed E-state index contributed by atoms with van der Waals surface area (Å²) in [4.78, 5) is 1.95. The summed E-state index contributed by atoms with van der Waals surface area (Å²) < 4.78 is 63.7. The number of azo groups is 1. The molecule has 1 aromatic carbocycles. The van der Waals surface area contributed by atoms with Gasteiger partial charge in [0.15, 0.2) is 5.75 Å². The topological polar surface area (TPSA) is 99.9 Å². The molecular weight excluding hydrogens is 417 g/mol. The van der Waals surface area contributed by atoms with Crippen molar-refractivity contribution in [1.82, 2.24) is 10.2 Å². The van der Waals surface area contributed by atoms with Crippen LogP contribution in [0.2, 0.25) is 0 Å². The second kappa shape index (κ2) is 7.62. The van der Waals surface area contributed by atoms with E-state index in [9.17, 15) is 21.6 Å². The quantitative estimate of drug-likeness (QED) is 0.716. The molecule has 0 bridgehead atoms. The third-order valence-corrected chi connectivity index (χ3v) is 6.09. The zero-order valence-corrected chi connectivity index (χ0v) is 16.6. The third kappa shape index (κ3) is 4.95. The molecule has 3 rings (SSSR count). The number of aryl methyl sites for hydroxylation is 1. The highest BCUT2D eigenvalue weighted by atomic mass is 32.2. The molecule has 1 aliphatic heterocycles. The first-order chi connectivity index (χ1) is 13.0. The molecule has 1 aliphatic rings. The van der Waals surface area contributed by atoms with E-state index in [0.29, 0.717) is 0 Å². The van der Waals surface area contributed by atoms with Gasteiger partial charge in [0.2, 0.25) is 10.0 Å². The lowest BCUT2D eigenvalue weighted by Gasteiger charge is -2.34. The molecule has 0 saturated heterocycles. The van der Waals surface area contributed by atoms with Gasteiger partial charge in [-0.2, -0.15) is 13.2 Å². The molecule has 8 nitrogen and oxygen atoms in total. The number of nitrogens with one attached hydrogen (secondary N) is 1. The van der Waals surface area contributed by atoms with E-state index >= 15 is 0 Å². The number of benzene rings is 1. The van der Waals surface area contributed by atoms with Crippen molar-refractivity contribution < 1.29 is 21.6 Å². The summed E-state index contributed by atoms with van der Waals surface area (Å²) >= 11 is 1.12. The standard InChI is InChI=1S/C15H17F3N6O2S2/c1-9-3-4-10-5-11(20-22-14-21-19-8-27-14)12(6-13(10)24(9)2)23-28(25,26)7-15(16,17)18/h5-6,8-9,23H,3-4,7H2,1-2H3. The highest BCUT2D eigenvalue weighted by molar-refractivity contribution is 7.92. The normalized spacial score (nSPS) is 17.8. The van der Waals surface area contributed by atoms with Gasteiger partial charge < -0.3 is 4.90 Å². The first-order valence-corrected chi connectivity index (χ1v) is 10.7. The van der Waals surface area contributed by atoms with Crippen LogP contribution in [-0.4, -0.2) is 43.6 Å². The number of halogens is 3. The Morgan fingerprint density at radius 1 is 1.36 bits per heavy atom. The van der Waals surface area contributed by atoms with Crippen molar-refractivity contribution in [2.24, 2.45) is 10.2 Å². The van der Waals surface area contributed by atoms with Crippen molar-refractivity contribution in [2.75, 3.05) is 22.4 Å². The van der Waals surface area contributed by atoms with E-state index in [1.807, 2.05) is 23.6 Å². The number of aromatic nitrogens is 2. The molecule has 152 valence electrons. The molecule has 2 heterocycles. The minimum absolute atomic E-state index is 0.0720. The van der Waals surface area contributed by atoms with Gasteiger partial charge in [0, 0.05) is 18.8 Å². The second-order valence-electron chi connectivity index (χ2n) is 6.39. The monoisotopic (exact) mass is 434 g/mol. The average molecular weight is 434 g/mol. The van der Waals surface area contributed by atoms with Crippen molar-refractivity contribution in [2.45, 2.75) is 32.0 Å². The van der Waals surface area contributed by atoms with Crippen LogP contribution in [0.3, 0.4) is 0 Å². The molecule has 1 aromatic heterocycles.